The molecule has 5 rings (SSSR count). The minimum absolute atomic E-state index is 0.0560. The molecule has 9 heteroatoms. The first-order valence-corrected chi connectivity index (χ1v) is 11.7. The lowest BCUT2D eigenvalue weighted by molar-refractivity contribution is 0.0204. The van der Waals surface area contributed by atoms with E-state index in [9.17, 15) is 0 Å². The number of rotatable bonds is 6. The fraction of sp³-hybridized carbons (Fsp3) is 0.458. The Hall–Kier alpha value is -2.68. The number of likely N-dealkylation sites (tertiary alicyclic amines) is 1. The summed E-state index contributed by atoms with van der Waals surface area (Å²) in [5.74, 6) is 2.48. The number of pyridine rings is 3. The zero-order valence-electron chi connectivity index (χ0n) is 18.7. The number of hydrogen-bond acceptors (Lipinski definition) is 8. The summed E-state index contributed by atoms with van der Waals surface area (Å²) in [5, 5.41) is 0.649. The molecule has 1 saturated heterocycles. The maximum Gasteiger partial charge on any atom is 0.213 e. The van der Waals surface area contributed by atoms with Crippen molar-refractivity contribution in [1.29, 1.82) is 0 Å². The molecule has 2 aliphatic heterocycles. The predicted octanol–water partition coefficient (Wildman–Crippen LogP) is 3.24. The van der Waals surface area contributed by atoms with Gasteiger partial charge in [0.05, 0.1) is 35.1 Å². The number of piperidine rings is 1. The smallest absolute Gasteiger partial charge is 0.213 e. The Morgan fingerprint density at radius 3 is 2.82 bits per heavy atom. The number of fused-ring (bicyclic) bond motifs is 2. The Labute approximate surface area is 198 Å². The Morgan fingerprint density at radius 2 is 2.03 bits per heavy atom. The lowest BCUT2D eigenvalue weighted by atomic mass is 9.91. The second kappa shape index (κ2) is 9.67. The van der Waals surface area contributed by atoms with Gasteiger partial charge in [0.1, 0.15) is 12.7 Å². The van der Waals surface area contributed by atoms with Gasteiger partial charge in [0.25, 0.3) is 0 Å². The van der Waals surface area contributed by atoms with Gasteiger partial charge in [-0.1, -0.05) is 11.6 Å². The lowest BCUT2D eigenvalue weighted by Crippen LogP contribution is -2.43. The number of nitrogens with zero attached hydrogens (tertiary/aromatic N) is 4. The van der Waals surface area contributed by atoms with Crippen LogP contribution >= 0.6 is 11.6 Å². The molecule has 0 amide bonds. The minimum Gasteiger partial charge on any atom is -0.486 e. The quantitative estimate of drug-likeness (QED) is 0.587. The summed E-state index contributed by atoms with van der Waals surface area (Å²) in [6.45, 7) is 3.90. The van der Waals surface area contributed by atoms with Crippen LogP contribution in [0.25, 0.3) is 11.0 Å². The third-order valence-corrected chi connectivity index (χ3v) is 6.89. The fourth-order valence-electron chi connectivity index (χ4n) is 4.63. The van der Waals surface area contributed by atoms with E-state index in [1.807, 2.05) is 18.2 Å². The van der Waals surface area contributed by atoms with Crippen molar-refractivity contribution >= 4 is 22.6 Å². The second-order valence-corrected chi connectivity index (χ2v) is 8.94. The van der Waals surface area contributed by atoms with Gasteiger partial charge in [-0.25, -0.2) is 4.98 Å². The topological polar surface area (TPSA) is 95.6 Å². The van der Waals surface area contributed by atoms with E-state index in [2.05, 4.69) is 19.9 Å². The lowest BCUT2D eigenvalue weighted by Gasteiger charge is -2.37. The van der Waals surface area contributed by atoms with Crippen LogP contribution in [0.4, 0.5) is 0 Å². The molecule has 0 saturated carbocycles. The molecule has 5 heterocycles. The molecule has 8 nitrogen and oxygen atoms in total. The van der Waals surface area contributed by atoms with Crippen molar-refractivity contribution in [2.24, 2.45) is 11.7 Å². The molecule has 3 aromatic rings. The number of ether oxygens (including phenoxy) is 3. The minimum atomic E-state index is 0.0560. The average molecular weight is 470 g/mol. The van der Waals surface area contributed by atoms with E-state index in [1.54, 1.807) is 19.5 Å². The van der Waals surface area contributed by atoms with E-state index in [-0.39, 0.29) is 6.10 Å². The van der Waals surface area contributed by atoms with Crippen LogP contribution in [-0.2, 0) is 13.0 Å². The molecular formula is C24H28ClN5O3. The molecule has 2 aliphatic rings. The normalized spacial score (nSPS) is 19.1. The Bertz CT molecular complexity index is 1140. The molecule has 0 aliphatic carbocycles. The number of hydrogen-bond donors (Lipinski definition) is 1. The number of aromatic nitrogens is 3. The second-order valence-electron chi connectivity index (χ2n) is 8.53. The van der Waals surface area contributed by atoms with Gasteiger partial charge >= 0.3 is 0 Å². The summed E-state index contributed by atoms with van der Waals surface area (Å²) in [7, 11) is 1.61. The predicted molar refractivity (Wildman–Crippen MR) is 126 cm³/mol. The number of nitrogens with two attached hydrogens (primary N) is 1. The van der Waals surface area contributed by atoms with Crippen molar-refractivity contribution in [2.75, 3.05) is 33.4 Å². The summed E-state index contributed by atoms with van der Waals surface area (Å²) in [6, 6.07) is 5.61. The van der Waals surface area contributed by atoms with E-state index in [1.165, 1.54) is 0 Å². The molecule has 1 unspecified atom stereocenters. The van der Waals surface area contributed by atoms with Crippen LogP contribution in [0.15, 0.2) is 30.6 Å². The molecule has 174 valence electrons. The van der Waals surface area contributed by atoms with Crippen molar-refractivity contribution < 1.29 is 14.2 Å². The van der Waals surface area contributed by atoms with Gasteiger partial charge in [-0.3, -0.25) is 9.97 Å². The standard InChI is InChI=1S/C24H28ClN5O3/c1-31-23-3-2-19-24(29-23)17(18(25)12-28-19)6-9-30-7-4-15(5-8-30)22-14-32-20-10-16(11-26)27-13-21(20)33-22/h2-3,10,12-13,15,22H,4-9,11,14,26H2,1H3. The largest absolute Gasteiger partial charge is 0.486 e. The van der Waals surface area contributed by atoms with E-state index in [0.29, 0.717) is 35.7 Å². The summed E-state index contributed by atoms with van der Waals surface area (Å²) >= 11 is 6.50. The van der Waals surface area contributed by atoms with Crippen LogP contribution in [0.3, 0.4) is 0 Å². The molecule has 0 aromatic carbocycles. The highest BCUT2D eigenvalue weighted by atomic mass is 35.5. The molecule has 0 bridgehead atoms. The molecule has 33 heavy (non-hydrogen) atoms. The van der Waals surface area contributed by atoms with Gasteiger partial charge in [0.2, 0.25) is 5.88 Å². The number of methoxy groups -OCH3 is 1. The first-order chi connectivity index (χ1) is 16.1. The van der Waals surface area contributed by atoms with Crippen molar-refractivity contribution in [2.45, 2.75) is 31.9 Å². The highest BCUT2D eigenvalue weighted by Gasteiger charge is 2.32. The molecule has 0 radical (unpaired) electrons. The average Bonchev–Trinajstić information content (AvgIpc) is 2.87. The first kappa shape index (κ1) is 22.1. The highest BCUT2D eigenvalue weighted by molar-refractivity contribution is 6.32. The van der Waals surface area contributed by atoms with Crippen LogP contribution in [0.2, 0.25) is 5.02 Å². The third-order valence-electron chi connectivity index (χ3n) is 6.56. The van der Waals surface area contributed by atoms with Crippen LogP contribution < -0.4 is 19.9 Å². The van der Waals surface area contributed by atoms with Crippen LogP contribution in [0, 0.1) is 5.92 Å². The van der Waals surface area contributed by atoms with Crippen molar-refractivity contribution in [3.05, 3.63) is 46.9 Å². The maximum atomic E-state index is 6.50. The third kappa shape index (κ3) is 4.69. The fourth-order valence-corrected chi connectivity index (χ4v) is 4.86. The van der Waals surface area contributed by atoms with Crippen molar-refractivity contribution in [1.82, 2.24) is 19.9 Å². The van der Waals surface area contributed by atoms with Gasteiger partial charge in [0.15, 0.2) is 11.5 Å². The van der Waals surface area contributed by atoms with Gasteiger partial charge in [-0.15, -0.1) is 0 Å². The van der Waals surface area contributed by atoms with Crippen LogP contribution in [-0.4, -0.2) is 59.3 Å². The zero-order valence-corrected chi connectivity index (χ0v) is 19.4. The summed E-state index contributed by atoms with van der Waals surface area (Å²) in [6.07, 6.45) is 6.44. The van der Waals surface area contributed by atoms with Gasteiger partial charge in [0, 0.05) is 42.9 Å². The summed E-state index contributed by atoms with van der Waals surface area (Å²) in [5.41, 5.74) is 9.14. The van der Waals surface area contributed by atoms with Crippen LogP contribution in [0.1, 0.15) is 24.1 Å². The molecule has 2 N–H and O–H groups in total. The zero-order chi connectivity index (χ0) is 22.8. The molecule has 1 atom stereocenters. The highest BCUT2D eigenvalue weighted by Crippen LogP contribution is 2.35. The number of halogens is 1. The molecular weight excluding hydrogens is 442 g/mol. The van der Waals surface area contributed by atoms with E-state index < -0.39 is 0 Å². The first-order valence-electron chi connectivity index (χ1n) is 11.3. The maximum absolute atomic E-state index is 6.50. The Kier molecular flexibility index (Phi) is 6.48. The Balaban J connectivity index is 1.18. The molecule has 1 fully saturated rings. The summed E-state index contributed by atoms with van der Waals surface area (Å²) in [4.78, 5) is 15.8. The van der Waals surface area contributed by atoms with E-state index >= 15 is 0 Å². The van der Waals surface area contributed by atoms with Crippen molar-refractivity contribution in [3.8, 4) is 17.4 Å². The van der Waals surface area contributed by atoms with Gasteiger partial charge in [-0.05, 0) is 38.4 Å². The van der Waals surface area contributed by atoms with Crippen molar-refractivity contribution in [3.63, 3.8) is 0 Å². The Morgan fingerprint density at radius 1 is 1.18 bits per heavy atom. The molecule has 3 aromatic heterocycles. The van der Waals surface area contributed by atoms with E-state index in [0.717, 1.165) is 66.9 Å². The molecule has 0 spiro atoms. The van der Waals surface area contributed by atoms with Gasteiger partial charge < -0.3 is 24.8 Å². The van der Waals surface area contributed by atoms with Crippen LogP contribution in [0.5, 0.6) is 17.4 Å². The van der Waals surface area contributed by atoms with Gasteiger partial charge in [-0.2, -0.15) is 0 Å². The summed E-state index contributed by atoms with van der Waals surface area (Å²) < 4.78 is 17.5. The monoisotopic (exact) mass is 469 g/mol. The van der Waals surface area contributed by atoms with E-state index in [4.69, 9.17) is 31.5 Å². The SMILES string of the molecule is COc1ccc2ncc(Cl)c(CCN3CCC(C4COc5cc(CN)ncc5O4)CC3)c2n1.